The molecule has 16 heavy (non-hydrogen) atoms. The van der Waals surface area contributed by atoms with Crippen LogP contribution in [0.5, 0.6) is 0 Å². The van der Waals surface area contributed by atoms with Crippen LogP contribution in [0.4, 0.5) is 15.8 Å². The molecule has 1 unspecified atom stereocenters. The Balaban J connectivity index is 2.37. The summed E-state index contributed by atoms with van der Waals surface area (Å²) in [5, 5.41) is 5.94. The van der Waals surface area contributed by atoms with Crippen LogP contribution < -0.4 is 10.6 Å². The van der Waals surface area contributed by atoms with Crippen LogP contribution in [0.3, 0.4) is 0 Å². The van der Waals surface area contributed by atoms with E-state index in [2.05, 4.69) is 10.6 Å². The standard InChI is InChI=1S/C12H15FN2O/c1-3-12(2)7-14-10-6-8(13)4-5-9(10)15-11(12)16/h4-6,14H,3,7H2,1-2H3,(H,15,16). The summed E-state index contributed by atoms with van der Waals surface area (Å²) in [4.78, 5) is 12.0. The zero-order valence-corrected chi connectivity index (χ0v) is 9.43. The minimum atomic E-state index is -0.449. The number of fused-ring (bicyclic) bond motifs is 1. The molecular weight excluding hydrogens is 207 g/mol. The highest BCUT2D eigenvalue weighted by Crippen LogP contribution is 2.32. The van der Waals surface area contributed by atoms with Gasteiger partial charge in [0, 0.05) is 6.54 Å². The molecule has 0 aliphatic carbocycles. The lowest BCUT2D eigenvalue weighted by Crippen LogP contribution is -2.36. The second kappa shape index (κ2) is 3.77. The number of benzene rings is 1. The van der Waals surface area contributed by atoms with E-state index in [0.29, 0.717) is 17.9 Å². The first-order valence-electron chi connectivity index (χ1n) is 5.40. The molecule has 0 bridgehead atoms. The maximum Gasteiger partial charge on any atom is 0.232 e. The molecule has 2 N–H and O–H groups in total. The summed E-state index contributed by atoms with van der Waals surface area (Å²) in [6, 6.07) is 4.32. The van der Waals surface area contributed by atoms with Gasteiger partial charge >= 0.3 is 0 Å². The lowest BCUT2D eigenvalue weighted by molar-refractivity contribution is -0.124. The number of anilines is 2. The molecule has 1 atom stereocenters. The molecule has 0 saturated heterocycles. The first kappa shape index (κ1) is 10.9. The van der Waals surface area contributed by atoms with Crippen LogP contribution in [0.15, 0.2) is 18.2 Å². The van der Waals surface area contributed by atoms with E-state index < -0.39 is 5.41 Å². The van der Waals surface area contributed by atoms with E-state index in [4.69, 9.17) is 0 Å². The summed E-state index contributed by atoms with van der Waals surface area (Å²) in [7, 11) is 0. The second-order valence-electron chi connectivity index (χ2n) is 4.41. The molecule has 1 aromatic rings. The summed E-state index contributed by atoms with van der Waals surface area (Å²) >= 11 is 0. The quantitative estimate of drug-likeness (QED) is 0.766. The molecular formula is C12H15FN2O. The molecule has 1 aliphatic heterocycles. The van der Waals surface area contributed by atoms with Gasteiger partial charge in [0.05, 0.1) is 16.8 Å². The van der Waals surface area contributed by atoms with Crippen LogP contribution in [0.1, 0.15) is 20.3 Å². The summed E-state index contributed by atoms with van der Waals surface area (Å²) in [5.74, 6) is -0.326. The molecule has 0 fully saturated rings. The molecule has 0 saturated carbocycles. The van der Waals surface area contributed by atoms with E-state index >= 15 is 0 Å². The third kappa shape index (κ3) is 1.75. The molecule has 3 nitrogen and oxygen atoms in total. The van der Waals surface area contributed by atoms with E-state index in [1.54, 1.807) is 6.07 Å². The Bertz CT molecular complexity index is 433. The predicted molar refractivity (Wildman–Crippen MR) is 61.9 cm³/mol. The van der Waals surface area contributed by atoms with Crippen molar-refractivity contribution in [1.82, 2.24) is 0 Å². The first-order valence-corrected chi connectivity index (χ1v) is 5.40. The van der Waals surface area contributed by atoms with Crippen molar-refractivity contribution in [2.45, 2.75) is 20.3 Å². The Morgan fingerprint density at radius 3 is 2.88 bits per heavy atom. The van der Waals surface area contributed by atoms with Crippen LogP contribution >= 0.6 is 0 Å². The molecule has 86 valence electrons. The van der Waals surface area contributed by atoms with Crippen molar-refractivity contribution in [3.63, 3.8) is 0 Å². The molecule has 2 rings (SSSR count). The molecule has 1 heterocycles. The minimum absolute atomic E-state index is 0.0205. The smallest absolute Gasteiger partial charge is 0.232 e. The number of halogens is 1. The Morgan fingerprint density at radius 1 is 1.44 bits per heavy atom. The first-order chi connectivity index (χ1) is 7.55. The van der Waals surface area contributed by atoms with E-state index in [1.807, 2.05) is 13.8 Å². The van der Waals surface area contributed by atoms with Crippen LogP contribution in [-0.2, 0) is 4.79 Å². The number of hydrogen-bond acceptors (Lipinski definition) is 2. The number of nitrogens with one attached hydrogen (secondary N) is 2. The fourth-order valence-electron chi connectivity index (χ4n) is 1.70. The van der Waals surface area contributed by atoms with Gasteiger partial charge in [0.2, 0.25) is 5.91 Å². The molecule has 1 aromatic carbocycles. The van der Waals surface area contributed by atoms with Gasteiger partial charge in [-0.15, -0.1) is 0 Å². The normalized spacial score (nSPS) is 24.1. The third-order valence-corrected chi connectivity index (χ3v) is 3.23. The zero-order valence-electron chi connectivity index (χ0n) is 9.43. The summed E-state index contributed by atoms with van der Waals surface area (Å²) in [5.41, 5.74) is 0.837. The third-order valence-electron chi connectivity index (χ3n) is 3.23. The van der Waals surface area contributed by atoms with E-state index in [9.17, 15) is 9.18 Å². The van der Waals surface area contributed by atoms with Crippen molar-refractivity contribution in [3.8, 4) is 0 Å². The molecule has 0 spiro atoms. The van der Waals surface area contributed by atoms with E-state index in [0.717, 1.165) is 6.42 Å². The number of rotatable bonds is 1. The maximum atomic E-state index is 13.0. The van der Waals surface area contributed by atoms with E-state index in [1.165, 1.54) is 12.1 Å². The number of amides is 1. The van der Waals surface area contributed by atoms with Gasteiger partial charge in [-0.2, -0.15) is 0 Å². The molecule has 0 aromatic heterocycles. The Morgan fingerprint density at radius 2 is 2.19 bits per heavy atom. The lowest BCUT2D eigenvalue weighted by Gasteiger charge is -2.23. The van der Waals surface area contributed by atoms with Gasteiger partial charge in [0.15, 0.2) is 0 Å². The number of carbonyl (C=O) groups excluding carboxylic acids is 1. The summed E-state index contributed by atoms with van der Waals surface area (Å²) in [6.45, 7) is 4.39. The van der Waals surface area contributed by atoms with Gasteiger partial charge in [0.1, 0.15) is 5.82 Å². The van der Waals surface area contributed by atoms with Crippen molar-refractivity contribution in [1.29, 1.82) is 0 Å². The summed E-state index contributed by atoms with van der Waals surface area (Å²) < 4.78 is 13.0. The zero-order chi connectivity index (χ0) is 11.8. The van der Waals surface area contributed by atoms with E-state index in [-0.39, 0.29) is 11.7 Å². The van der Waals surface area contributed by atoms with Crippen molar-refractivity contribution >= 4 is 17.3 Å². The van der Waals surface area contributed by atoms with Gasteiger partial charge < -0.3 is 10.6 Å². The average Bonchev–Trinajstić information content (AvgIpc) is 2.39. The van der Waals surface area contributed by atoms with Gasteiger partial charge in [-0.05, 0) is 31.5 Å². The molecule has 1 amide bonds. The van der Waals surface area contributed by atoms with Gasteiger partial charge in [-0.3, -0.25) is 4.79 Å². The minimum Gasteiger partial charge on any atom is -0.382 e. The second-order valence-corrected chi connectivity index (χ2v) is 4.41. The van der Waals surface area contributed by atoms with Crippen molar-refractivity contribution < 1.29 is 9.18 Å². The molecule has 4 heteroatoms. The Labute approximate surface area is 94.0 Å². The Kier molecular flexibility index (Phi) is 2.58. The van der Waals surface area contributed by atoms with Crippen LogP contribution in [0.2, 0.25) is 0 Å². The van der Waals surface area contributed by atoms with Gasteiger partial charge in [-0.1, -0.05) is 6.92 Å². The topological polar surface area (TPSA) is 41.1 Å². The van der Waals surface area contributed by atoms with Crippen molar-refractivity contribution in [3.05, 3.63) is 24.0 Å². The highest BCUT2D eigenvalue weighted by Gasteiger charge is 2.33. The van der Waals surface area contributed by atoms with Gasteiger partial charge in [0.25, 0.3) is 0 Å². The fraction of sp³-hybridized carbons (Fsp3) is 0.417. The largest absolute Gasteiger partial charge is 0.382 e. The van der Waals surface area contributed by atoms with Crippen LogP contribution in [0.25, 0.3) is 0 Å². The lowest BCUT2D eigenvalue weighted by atomic mass is 9.86. The number of carbonyl (C=O) groups is 1. The average molecular weight is 222 g/mol. The number of hydrogen-bond donors (Lipinski definition) is 2. The monoisotopic (exact) mass is 222 g/mol. The highest BCUT2D eigenvalue weighted by atomic mass is 19.1. The fourth-order valence-corrected chi connectivity index (χ4v) is 1.70. The van der Waals surface area contributed by atoms with Crippen molar-refractivity contribution in [2.75, 3.05) is 17.2 Å². The van der Waals surface area contributed by atoms with Gasteiger partial charge in [-0.25, -0.2) is 4.39 Å². The van der Waals surface area contributed by atoms with Crippen LogP contribution in [-0.4, -0.2) is 12.5 Å². The molecule has 1 aliphatic rings. The van der Waals surface area contributed by atoms with Crippen molar-refractivity contribution in [2.24, 2.45) is 5.41 Å². The molecule has 0 radical (unpaired) electrons. The SMILES string of the molecule is CCC1(C)CNc2cc(F)ccc2NC1=O. The predicted octanol–water partition coefficient (Wildman–Crippen LogP) is 2.61. The summed E-state index contributed by atoms with van der Waals surface area (Å²) in [6.07, 6.45) is 0.738. The maximum absolute atomic E-state index is 13.0. The Hall–Kier alpha value is -1.58. The highest BCUT2D eigenvalue weighted by molar-refractivity contribution is 5.99. The van der Waals surface area contributed by atoms with Crippen LogP contribution in [0, 0.1) is 11.2 Å².